The molecule has 1 atom stereocenters. The molecule has 0 unspecified atom stereocenters. The predicted octanol–water partition coefficient (Wildman–Crippen LogP) is 1.69. The van der Waals surface area contributed by atoms with Crippen molar-refractivity contribution in [2.75, 3.05) is 13.1 Å². The Hall–Kier alpha value is -1.29. The first-order valence-electron chi connectivity index (χ1n) is 7.03. The second-order valence-electron chi connectivity index (χ2n) is 5.37. The number of aromatic nitrogens is 1. The Bertz CT molecular complexity index is 416. The highest BCUT2D eigenvalue weighted by Crippen LogP contribution is 2.35. The normalized spacial score (nSPS) is 23.2. The molecule has 2 N–H and O–H groups in total. The van der Waals surface area contributed by atoms with Gasteiger partial charge in [0.15, 0.2) is 0 Å². The van der Waals surface area contributed by atoms with E-state index in [2.05, 4.69) is 15.2 Å². The molecule has 0 spiro atoms. The second-order valence-corrected chi connectivity index (χ2v) is 5.37. The molecular formula is C14H21N3O. The van der Waals surface area contributed by atoms with Crippen LogP contribution in [0.2, 0.25) is 0 Å². The van der Waals surface area contributed by atoms with Crippen molar-refractivity contribution in [2.24, 2.45) is 0 Å². The summed E-state index contributed by atoms with van der Waals surface area (Å²) in [7, 11) is 0. The molecule has 1 saturated carbocycles. The maximum Gasteiger partial charge on any atom is 0.267 e. The Morgan fingerprint density at radius 1 is 1.44 bits per heavy atom. The highest BCUT2D eigenvalue weighted by atomic mass is 16.1. The number of hydrogen-bond acceptors (Lipinski definition) is 2. The van der Waals surface area contributed by atoms with Crippen molar-refractivity contribution in [1.29, 1.82) is 0 Å². The number of amides is 1. The molecule has 98 valence electrons. The van der Waals surface area contributed by atoms with Crippen LogP contribution in [0.3, 0.4) is 0 Å². The van der Waals surface area contributed by atoms with Gasteiger partial charge in [-0.25, -0.2) is 0 Å². The lowest BCUT2D eigenvalue weighted by atomic mass is 10.1. The SMILES string of the molecule is O=C(NCC[C@H]1CCCN1)c1cccn1C1CC1. The zero-order valence-corrected chi connectivity index (χ0v) is 10.7. The monoisotopic (exact) mass is 247 g/mol. The minimum Gasteiger partial charge on any atom is -0.351 e. The van der Waals surface area contributed by atoms with Crippen LogP contribution in [-0.2, 0) is 0 Å². The van der Waals surface area contributed by atoms with Crippen LogP contribution in [0.15, 0.2) is 18.3 Å². The van der Waals surface area contributed by atoms with Crippen molar-refractivity contribution < 1.29 is 4.79 Å². The van der Waals surface area contributed by atoms with Gasteiger partial charge in [0.05, 0.1) is 0 Å². The molecule has 1 aliphatic carbocycles. The van der Waals surface area contributed by atoms with Gasteiger partial charge < -0.3 is 15.2 Å². The summed E-state index contributed by atoms with van der Waals surface area (Å²) in [6.45, 7) is 1.90. The molecule has 4 heteroatoms. The van der Waals surface area contributed by atoms with Crippen molar-refractivity contribution in [1.82, 2.24) is 15.2 Å². The summed E-state index contributed by atoms with van der Waals surface area (Å²) >= 11 is 0. The van der Waals surface area contributed by atoms with E-state index in [4.69, 9.17) is 0 Å². The Morgan fingerprint density at radius 2 is 2.33 bits per heavy atom. The molecule has 1 saturated heterocycles. The van der Waals surface area contributed by atoms with Crippen LogP contribution in [-0.4, -0.2) is 29.6 Å². The molecule has 0 aromatic carbocycles. The number of nitrogens with zero attached hydrogens (tertiary/aromatic N) is 1. The fourth-order valence-corrected chi connectivity index (χ4v) is 2.71. The molecule has 4 nitrogen and oxygen atoms in total. The first-order valence-corrected chi connectivity index (χ1v) is 7.03. The van der Waals surface area contributed by atoms with Gasteiger partial charge in [-0.2, -0.15) is 0 Å². The standard InChI is InChI=1S/C14H21N3O/c18-14(16-9-7-11-3-1-8-15-11)13-4-2-10-17(13)12-5-6-12/h2,4,10-12,15H,1,3,5-9H2,(H,16,18)/t11-/m1/s1. The third-order valence-corrected chi connectivity index (χ3v) is 3.89. The van der Waals surface area contributed by atoms with Crippen molar-refractivity contribution in [2.45, 2.75) is 44.2 Å². The molecular weight excluding hydrogens is 226 g/mol. The fourth-order valence-electron chi connectivity index (χ4n) is 2.71. The van der Waals surface area contributed by atoms with Crippen molar-refractivity contribution in [3.05, 3.63) is 24.0 Å². The smallest absolute Gasteiger partial charge is 0.267 e. The Balaban J connectivity index is 1.49. The third kappa shape index (κ3) is 2.58. The minimum atomic E-state index is 0.0740. The summed E-state index contributed by atoms with van der Waals surface area (Å²) in [5, 5.41) is 6.48. The van der Waals surface area contributed by atoms with Crippen molar-refractivity contribution >= 4 is 5.91 Å². The first kappa shape index (κ1) is 11.8. The average Bonchev–Trinajstić information content (AvgIpc) is 2.91. The Kier molecular flexibility index (Phi) is 3.37. The van der Waals surface area contributed by atoms with E-state index >= 15 is 0 Å². The Morgan fingerprint density at radius 3 is 3.06 bits per heavy atom. The van der Waals surface area contributed by atoms with Gasteiger partial charge in [0, 0.05) is 24.8 Å². The lowest BCUT2D eigenvalue weighted by molar-refractivity contribution is 0.0943. The molecule has 2 fully saturated rings. The molecule has 2 heterocycles. The van der Waals surface area contributed by atoms with Gasteiger partial charge in [-0.05, 0) is 50.8 Å². The molecule has 2 aliphatic rings. The lowest BCUT2D eigenvalue weighted by Gasteiger charge is -2.12. The number of rotatable bonds is 5. The van der Waals surface area contributed by atoms with Gasteiger partial charge in [0.2, 0.25) is 0 Å². The molecule has 1 aromatic rings. The van der Waals surface area contributed by atoms with E-state index in [-0.39, 0.29) is 5.91 Å². The van der Waals surface area contributed by atoms with Gasteiger partial charge in [-0.15, -0.1) is 0 Å². The van der Waals surface area contributed by atoms with E-state index < -0.39 is 0 Å². The summed E-state index contributed by atoms with van der Waals surface area (Å²) in [5.74, 6) is 0.0740. The van der Waals surface area contributed by atoms with Crippen molar-refractivity contribution in [3.8, 4) is 0 Å². The molecule has 0 radical (unpaired) electrons. The zero-order chi connectivity index (χ0) is 12.4. The van der Waals surface area contributed by atoms with Crippen LogP contribution in [0, 0.1) is 0 Å². The van der Waals surface area contributed by atoms with Crippen LogP contribution < -0.4 is 10.6 Å². The highest BCUT2D eigenvalue weighted by Gasteiger charge is 2.26. The number of nitrogens with one attached hydrogen (secondary N) is 2. The maximum absolute atomic E-state index is 12.1. The third-order valence-electron chi connectivity index (χ3n) is 3.89. The largest absolute Gasteiger partial charge is 0.351 e. The summed E-state index contributed by atoms with van der Waals surface area (Å²) in [6.07, 6.45) is 7.99. The van der Waals surface area contributed by atoms with E-state index in [0.717, 1.165) is 25.2 Å². The van der Waals surface area contributed by atoms with E-state index in [1.807, 2.05) is 18.3 Å². The molecule has 1 aromatic heterocycles. The number of hydrogen-bond donors (Lipinski definition) is 2. The van der Waals surface area contributed by atoms with Gasteiger partial charge in [-0.1, -0.05) is 0 Å². The van der Waals surface area contributed by atoms with Crippen LogP contribution in [0.1, 0.15) is 48.6 Å². The number of carbonyl (C=O) groups excluding carboxylic acids is 1. The summed E-state index contributed by atoms with van der Waals surface area (Å²) < 4.78 is 2.11. The molecule has 1 amide bonds. The minimum absolute atomic E-state index is 0.0740. The second kappa shape index (κ2) is 5.14. The summed E-state index contributed by atoms with van der Waals surface area (Å²) in [5.41, 5.74) is 0.817. The summed E-state index contributed by atoms with van der Waals surface area (Å²) in [4.78, 5) is 12.1. The quantitative estimate of drug-likeness (QED) is 0.832. The molecule has 3 rings (SSSR count). The van der Waals surface area contributed by atoms with E-state index in [0.29, 0.717) is 12.1 Å². The van der Waals surface area contributed by atoms with Gasteiger partial charge >= 0.3 is 0 Å². The summed E-state index contributed by atoms with van der Waals surface area (Å²) in [6, 6.07) is 5.05. The van der Waals surface area contributed by atoms with Crippen LogP contribution in [0.25, 0.3) is 0 Å². The van der Waals surface area contributed by atoms with Crippen LogP contribution in [0.5, 0.6) is 0 Å². The Labute approximate surface area is 108 Å². The van der Waals surface area contributed by atoms with Crippen LogP contribution >= 0.6 is 0 Å². The lowest BCUT2D eigenvalue weighted by Crippen LogP contribution is -2.31. The van der Waals surface area contributed by atoms with E-state index in [1.54, 1.807) is 0 Å². The van der Waals surface area contributed by atoms with Gasteiger partial charge in [-0.3, -0.25) is 4.79 Å². The molecule has 1 aliphatic heterocycles. The van der Waals surface area contributed by atoms with Gasteiger partial charge in [0.1, 0.15) is 5.69 Å². The first-order chi connectivity index (χ1) is 8.84. The average molecular weight is 247 g/mol. The van der Waals surface area contributed by atoms with E-state index in [9.17, 15) is 4.79 Å². The van der Waals surface area contributed by atoms with Crippen molar-refractivity contribution in [3.63, 3.8) is 0 Å². The highest BCUT2D eigenvalue weighted by molar-refractivity contribution is 5.92. The fraction of sp³-hybridized carbons (Fsp3) is 0.643. The molecule has 0 bridgehead atoms. The van der Waals surface area contributed by atoms with E-state index in [1.165, 1.54) is 25.7 Å². The zero-order valence-electron chi connectivity index (χ0n) is 10.7. The maximum atomic E-state index is 12.1. The predicted molar refractivity (Wildman–Crippen MR) is 70.7 cm³/mol. The number of carbonyl (C=O) groups is 1. The topological polar surface area (TPSA) is 46.1 Å². The van der Waals surface area contributed by atoms with Gasteiger partial charge in [0.25, 0.3) is 5.91 Å². The molecule has 18 heavy (non-hydrogen) atoms. The van der Waals surface area contributed by atoms with Crippen LogP contribution in [0.4, 0.5) is 0 Å².